The molecule has 2 heteroatoms. The Labute approximate surface area is 103 Å². The zero-order valence-corrected chi connectivity index (χ0v) is 11.1. The first-order chi connectivity index (χ1) is 8.13. The fourth-order valence-corrected chi connectivity index (χ4v) is 2.36. The van der Waals surface area contributed by atoms with Gasteiger partial charge in [0.1, 0.15) is 0 Å². The van der Waals surface area contributed by atoms with Crippen LogP contribution < -0.4 is 0 Å². The van der Waals surface area contributed by atoms with E-state index in [-0.39, 0.29) is 0 Å². The van der Waals surface area contributed by atoms with Crippen molar-refractivity contribution in [3.63, 3.8) is 0 Å². The smallest absolute Gasteiger partial charge is 0.0687 e. The maximum Gasteiger partial charge on any atom is 0.0687 e. The van der Waals surface area contributed by atoms with E-state index in [0.29, 0.717) is 0 Å². The highest BCUT2D eigenvalue weighted by Crippen LogP contribution is 2.27. The lowest BCUT2D eigenvalue weighted by atomic mass is 9.99. The minimum Gasteiger partial charge on any atom is -0.268 e. The number of benzene rings is 1. The van der Waals surface area contributed by atoms with Gasteiger partial charge in [0.05, 0.1) is 11.4 Å². The molecule has 0 N–H and O–H groups in total. The lowest BCUT2D eigenvalue weighted by Crippen LogP contribution is -1.97. The molecule has 0 aliphatic carbocycles. The van der Waals surface area contributed by atoms with Crippen LogP contribution in [0.5, 0.6) is 0 Å². The SMILES string of the molecule is CCCc1cc(-c2c(C)cccc2C)n(C)n1. The second-order valence-electron chi connectivity index (χ2n) is 4.66. The summed E-state index contributed by atoms with van der Waals surface area (Å²) in [5, 5.41) is 4.58. The summed E-state index contributed by atoms with van der Waals surface area (Å²) in [5.41, 5.74) is 6.37. The molecule has 0 saturated heterocycles. The topological polar surface area (TPSA) is 17.8 Å². The van der Waals surface area contributed by atoms with E-state index >= 15 is 0 Å². The van der Waals surface area contributed by atoms with E-state index in [1.165, 1.54) is 28.1 Å². The highest BCUT2D eigenvalue weighted by molar-refractivity contribution is 5.68. The average Bonchev–Trinajstić information content (AvgIpc) is 2.60. The Morgan fingerprint density at radius 2 is 1.82 bits per heavy atom. The van der Waals surface area contributed by atoms with Gasteiger partial charge in [-0.2, -0.15) is 5.10 Å². The van der Waals surface area contributed by atoms with Crippen molar-refractivity contribution in [2.24, 2.45) is 7.05 Å². The van der Waals surface area contributed by atoms with Gasteiger partial charge < -0.3 is 0 Å². The minimum atomic E-state index is 1.05. The van der Waals surface area contributed by atoms with E-state index in [4.69, 9.17) is 0 Å². The molecule has 0 bridgehead atoms. The Morgan fingerprint density at radius 3 is 2.41 bits per heavy atom. The highest BCUT2D eigenvalue weighted by Gasteiger charge is 2.11. The van der Waals surface area contributed by atoms with Crippen molar-refractivity contribution in [3.8, 4) is 11.3 Å². The summed E-state index contributed by atoms with van der Waals surface area (Å²) < 4.78 is 2.00. The molecule has 0 amide bonds. The van der Waals surface area contributed by atoms with Gasteiger partial charge in [0.2, 0.25) is 0 Å². The van der Waals surface area contributed by atoms with E-state index in [0.717, 1.165) is 12.8 Å². The van der Waals surface area contributed by atoms with Gasteiger partial charge in [-0.3, -0.25) is 4.68 Å². The molecule has 90 valence electrons. The third kappa shape index (κ3) is 2.26. The van der Waals surface area contributed by atoms with Gasteiger partial charge in [0, 0.05) is 12.6 Å². The number of aromatic nitrogens is 2. The molecule has 1 heterocycles. The lowest BCUT2D eigenvalue weighted by Gasteiger charge is -2.09. The molecule has 0 saturated carbocycles. The maximum atomic E-state index is 4.58. The molecule has 2 rings (SSSR count). The number of aryl methyl sites for hydroxylation is 4. The molecule has 0 radical (unpaired) electrons. The third-order valence-corrected chi connectivity index (χ3v) is 3.17. The first-order valence-corrected chi connectivity index (χ1v) is 6.23. The van der Waals surface area contributed by atoms with Gasteiger partial charge in [-0.25, -0.2) is 0 Å². The Kier molecular flexibility index (Phi) is 3.32. The van der Waals surface area contributed by atoms with Gasteiger partial charge in [0.25, 0.3) is 0 Å². The lowest BCUT2D eigenvalue weighted by molar-refractivity contribution is 0.738. The van der Waals surface area contributed by atoms with Crippen molar-refractivity contribution in [3.05, 3.63) is 41.1 Å². The number of hydrogen-bond donors (Lipinski definition) is 0. The van der Waals surface area contributed by atoms with Crippen molar-refractivity contribution in [2.45, 2.75) is 33.6 Å². The van der Waals surface area contributed by atoms with Crippen LogP contribution in [0.15, 0.2) is 24.3 Å². The zero-order chi connectivity index (χ0) is 12.4. The predicted octanol–water partition coefficient (Wildman–Crippen LogP) is 3.66. The van der Waals surface area contributed by atoms with Crippen LogP contribution in [0.3, 0.4) is 0 Å². The van der Waals surface area contributed by atoms with Gasteiger partial charge in [0.15, 0.2) is 0 Å². The molecule has 0 atom stereocenters. The molecule has 2 nitrogen and oxygen atoms in total. The Bertz CT molecular complexity index is 503. The second-order valence-corrected chi connectivity index (χ2v) is 4.66. The van der Waals surface area contributed by atoms with Crippen LogP contribution in [0.1, 0.15) is 30.2 Å². The molecule has 0 spiro atoms. The van der Waals surface area contributed by atoms with Crippen molar-refractivity contribution in [1.82, 2.24) is 9.78 Å². The average molecular weight is 228 g/mol. The van der Waals surface area contributed by atoms with Crippen LogP contribution in [0.2, 0.25) is 0 Å². The summed E-state index contributed by atoms with van der Waals surface area (Å²) >= 11 is 0. The zero-order valence-electron chi connectivity index (χ0n) is 11.1. The first kappa shape index (κ1) is 11.9. The van der Waals surface area contributed by atoms with Crippen molar-refractivity contribution >= 4 is 0 Å². The number of nitrogens with zero attached hydrogens (tertiary/aromatic N) is 2. The standard InChI is InChI=1S/C15H20N2/c1-5-7-13-10-14(17(4)16-13)15-11(2)8-6-9-12(15)3/h6,8-10H,5,7H2,1-4H3. The maximum absolute atomic E-state index is 4.58. The van der Waals surface area contributed by atoms with E-state index in [2.05, 4.69) is 50.1 Å². The van der Waals surface area contributed by atoms with Crippen molar-refractivity contribution in [2.75, 3.05) is 0 Å². The minimum absolute atomic E-state index is 1.05. The fraction of sp³-hybridized carbons (Fsp3) is 0.400. The quantitative estimate of drug-likeness (QED) is 0.784. The van der Waals surface area contributed by atoms with Crippen LogP contribution in [0.4, 0.5) is 0 Å². The van der Waals surface area contributed by atoms with Crippen LogP contribution in [-0.4, -0.2) is 9.78 Å². The summed E-state index contributed by atoms with van der Waals surface area (Å²) in [6.07, 6.45) is 2.20. The summed E-state index contributed by atoms with van der Waals surface area (Å²) in [7, 11) is 2.03. The van der Waals surface area contributed by atoms with Crippen LogP contribution in [0, 0.1) is 13.8 Å². The molecular formula is C15H20N2. The van der Waals surface area contributed by atoms with Crippen molar-refractivity contribution in [1.29, 1.82) is 0 Å². The van der Waals surface area contributed by atoms with E-state index in [9.17, 15) is 0 Å². The molecular weight excluding hydrogens is 208 g/mol. The largest absolute Gasteiger partial charge is 0.268 e. The molecule has 0 fully saturated rings. The number of rotatable bonds is 3. The van der Waals surface area contributed by atoms with Crippen LogP contribution in [-0.2, 0) is 13.5 Å². The number of hydrogen-bond acceptors (Lipinski definition) is 1. The van der Waals surface area contributed by atoms with Gasteiger partial charge in [-0.05, 0) is 37.5 Å². The van der Waals surface area contributed by atoms with Crippen LogP contribution >= 0.6 is 0 Å². The molecule has 2 aromatic rings. The second kappa shape index (κ2) is 4.74. The molecule has 1 aromatic heterocycles. The monoisotopic (exact) mass is 228 g/mol. The first-order valence-electron chi connectivity index (χ1n) is 6.23. The summed E-state index contributed by atoms with van der Waals surface area (Å²) in [5.74, 6) is 0. The summed E-state index contributed by atoms with van der Waals surface area (Å²) in [6, 6.07) is 8.65. The third-order valence-electron chi connectivity index (χ3n) is 3.17. The highest BCUT2D eigenvalue weighted by atomic mass is 15.3. The van der Waals surface area contributed by atoms with Gasteiger partial charge >= 0.3 is 0 Å². The van der Waals surface area contributed by atoms with Gasteiger partial charge in [-0.1, -0.05) is 31.5 Å². The van der Waals surface area contributed by atoms with E-state index in [1.807, 2.05) is 11.7 Å². The summed E-state index contributed by atoms with van der Waals surface area (Å²) in [6.45, 7) is 6.51. The fourth-order valence-electron chi connectivity index (χ4n) is 2.36. The van der Waals surface area contributed by atoms with Gasteiger partial charge in [-0.15, -0.1) is 0 Å². The molecule has 1 aromatic carbocycles. The molecule has 0 aliphatic rings. The molecule has 0 aliphatic heterocycles. The summed E-state index contributed by atoms with van der Waals surface area (Å²) in [4.78, 5) is 0. The van der Waals surface area contributed by atoms with E-state index in [1.54, 1.807) is 0 Å². The van der Waals surface area contributed by atoms with Crippen LogP contribution in [0.25, 0.3) is 11.3 Å². The normalized spacial score (nSPS) is 10.8. The molecule has 0 unspecified atom stereocenters. The van der Waals surface area contributed by atoms with E-state index < -0.39 is 0 Å². The van der Waals surface area contributed by atoms with Crippen molar-refractivity contribution < 1.29 is 0 Å². The Morgan fingerprint density at radius 1 is 1.18 bits per heavy atom. The Balaban J connectivity index is 2.52. The Hall–Kier alpha value is -1.57. The molecule has 17 heavy (non-hydrogen) atoms. The predicted molar refractivity (Wildman–Crippen MR) is 72.1 cm³/mol.